The molecule has 0 aromatic rings. The van der Waals surface area contributed by atoms with Crippen molar-refractivity contribution in [3.63, 3.8) is 0 Å². The minimum Gasteiger partial charge on any atom is -0.468 e. The van der Waals surface area contributed by atoms with Crippen LogP contribution in [0, 0.1) is 0 Å². The maximum Gasteiger partial charge on any atom is 0.324 e. The van der Waals surface area contributed by atoms with Crippen molar-refractivity contribution in [2.24, 2.45) is 0 Å². The molecular formula is C14H26N2O2. The number of ether oxygens (including phenoxy) is 1. The number of likely N-dealkylation sites (tertiary alicyclic amines) is 1. The summed E-state index contributed by atoms with van der Waals surface area (Å²) in [5, 5.41) is 3.41. The molecule has 1 unspecified atom stereocenters. The van der Waals surface area contributed by atoms with Gasteiger partial charge in [0.25, 0.3) is 0 Å². The molecule has 1 aliphatic carbocycles. The molecule has 0 bridgehead atoms. The summed E-state index contributed by atoms with van der Waals surface area (Å²) in [6, 6.07) is 1.51. The van der Waals surface area contributed by atoms with Crippen LogP contribution in [0.15, 0.2) is 0 Å². The van der Waals surface area contributed by atoms with E-state index in [2.05, 4.69) is 24.1 Å². The van der Waals surface area contributed by atoms with E-state index in [4.69, 9.17) is 4.74 Å². The Morgan fingerprint density at radius 3 is 2.39 bits per heavy atom. The Morgan fingerprint density at radius 1 is 1.28 bits per heavy atom. The lowest BCUT2D eigenvalue weighted by molar-refractivity contribution is -0.144. The van der Waals surface area contributed by atoms with Crippen molar-refractivity contribution in [2.75, 3.05) is 13.7 Å². The lowest BCUT2D eigenvalue weighted by atomic mass is 9.97. The molecule has 4 nitrogen and oxygen atoms in total. The number of nitrogens with one attached hydrogen (secondary N) is 1. The zero-order chi connectivity index (χ0) is 13.1. The second-order valence-electron chi connectivity index (χ2n) is 5.84. The summed E-state index contributed by atoms with van der Waals surface area (Å²) in [5.74, 6) is -0.119. The summed E-state index contributed by atoms with van der Waals surface area (Å²) in [7, 11) is 1.48. The van der Waals surface area contributed by atoms with Gasteiger partial charge in [0.1, 0.15) is 6.04 Å². The molecule has 0 radical (unpaired) electrons. The molecule has 1 heterocycles. The van der Waals surface area contributed by atoms with Crippen LogP contribution in [-0.2, 0) is 9.53 Å². The quantitative estimate of drug-likeness (QED) is 0.756. The van der Waals surface area contributed by atoms with Gasteiger partial charge < -0.3 is 10.1 Å². The first-order valence-electron chi connectivity index (χ1n) is 7.21. The van der Waals surface area contributed by atoms with Gasteiger partial charge in [-0.2, -0.15) is 0 Å². The van der Waals surface area contributed by atoms with E-state index in [0.717, 1.165) is 6.54 Å². The number of piperidine rings is 1. The number of hydrogen-bond acceptors (Lipinski definition) is 4. The molecule has 3 atom stereocenters. The van der Waals surface area contributed by atoms with Crippen LogP contribution in [0.3, 0.4) is 0 Å². The van der Waals surface area contributed by atoms with Gasteiger partial charge in [-0.15, -0.1) is 0 Å². The average Bonchev–Trinajstić information content (AvgIpc) is 3.15. The first-order valence-corrected chi connectivity index (χ1v) is 7.21. The Hall–Kier alpha value is -0.610. The monoisotopic (exact) mass is 254 g/mol. The molecular weight excluding hydrogens is 228 g/mol. The number of nitrogens with zero attached hydrogens (tertiary/aromatic N) is 1. The lowest BCUT2D eigenvalue weighted by Gasteiger charge is -2.40. The first-order chi connectivity index (χ1) is 8.61. The van der Waals surface area contributed by atoms with Crippen LogP contribution in [0.1, 0.15) is 46.0 Å². The third-order valence-electron chi connectivity index (χ3n) is 4.27. The lowest BCUT2D eigenvalue weighted by Crippen LogP contribution is -2.53. The molecule has 0 aromatic carbocycles. The summed E-state index contributed by atoms with van der Waals surface area (Å²) in [5.41, 5.74) is 0. The number of methoxy groups -OCH3 is 1. The van der Waals surface area contributed by atoms with Crippen LogP contribution in [0.4, 0.5) is 0 Å². The van der Waals surface area contributed by atoms with Crippen molar-refractivity contribution < 1.29 is 9.53 Å². The van der Waals surface area contributed by atoms with Crippen LogP contribution in [0.2, 0.25) is 0 Å². The maximum absolute atomic E-state index is 11.9. The summed E-state index contributed by atoms with van der Waals surface area (Å²) in [6.07, 6.45) is 6.16. The molecule has 2 rings (SSSR count). The standard InChI is InChI=1S/C14H26N2O2/c1-10-5-4-6-11(2)16(10)9-13(14(17)18-3)15-12-7-8-12/h10-13,15H,4-9H2,1-3H3/t10-,11+,13?. The van der Waals surface area contributed by atoms with Crippen LogP contribution in [0.25, 0.3) is 0 Å². The topological polar surface area (TPSA) is 41.6 Å². The number of carbonyl (C=O) groups is 1. The zero-order valence-electron chi connectivity index (χ0n) is 11.8. The van der Waals surface area contributed by atoms with Crippen LogP contribution >= 0.6 is 0 Å². The van der Waals surface area contributed by atoms with E-state index in [1.165, 1.54) is 39.2 Å². The molecule has 0 spiro atoms. The van der Waals surface area contributed by atoms with E-state index >= 15 is 0 Å². The smallest absolute Gasteiger partial charge is 0.324 e. The Balaban J connectivity index is 1.94. The predicted molar refractivity (Wildman–Crippen MR) is 71.4 cm³/mol. The molecule has 104 valence electrons. The van der Waals surface area contributed by atoms with Gasteiger partial charge in [-0.25, -0.2) is 0 Å². The van der Waals surface area contributed by atoms with E-state index in [0.29, 0.717) is 18.1 Å². The molecule has 4 heteroatoms. The molecule has 0 amide bonds. The van der Waals surface area contributed by atoms with Crippen LogP contribution in [-0.4, -0.2) is 48.7 Å². The molecule has 0 aromatic heterocycles. The highest BCUT2D eigenvalue weighted by Crippen LogP contribution is 2.24. The second-order valence-corrected chi connectivity index (χ2v) is 5.84. The second kappa shape index (κ2) is 6.02. The highest BCUT2D eigenvalue weighted by molar-refractivity contribution is 5.76. The molecule has 1 N–H and O–H groups in total. The summed E-state index contributed by atoms with van der Waals surface area (Å²) >= 11 is 0. The number of carbonyl (C=O) groups excluding carboxylic acids is 1. The minimum absolute atomic E-state index is 0.119. The van der Waals surface area contributed by atoms with Crippen molar-refractivity contribution >= 4 is 5.97 Å². The van der Waals surface area contributed by atoms with Crippen molar-refractivity contribution in [1.82, 2.24) is 10.2 Å². The number of esters is 1. The van der Waals surface area contributed by atoms with Crippen LogP contribution < -0.4 is 5.32 Å². The largest absolute Gasteiger partial charge is 0.468 e. The van der Waals surface area contributed by atoms with Crippen LogP contribution in [0.5, 0.6) is 0 Å². The molecule has 2 aliphatic rings. The molecule has 2 fully saturated rings. The Morgan fingerprint density at radius 2 is 1.89 bits per heavy atom. The van der Waals surface area contributed by atoms with E-state index < -0.39 is 0 Å². The maximum atomic E-state index is 11.9. The SMILES string of the molecule is COC(=O)C(CN1[C@H](C)CCC[C@@H]1C)NC1CC1. The fraction of sp³-hybridized carbons (Fsp3) is 0.929. The Labute approximate surface area is 110 Å². The van der Waals surface area contributed by atoms with Gasteiger partial charge in [0.2, 0.25) is 0 Å². The Bertz CT molecular complexity index is 282. The molecule has 1 saturated heterocycles. The Kier molecular flexibility index (Phi) is 4.62. The minimum atomic E-state index is -0.162. The van der Waals surface area contributed by atoms with Crippen molar-refractivity contribution in [3.05, 3.63) is 0 Å². The van der Waals surface area contributed by atoms with Crippen molar-refractivity contribution in [2.45, 2.75) is 70.1 Å². The van der Waals surface area contributed by atoms with Gasteiger partial charge in [0.15, 0.2) is 0 Å². The fourth-order valence-electron chi connectivity index (χ4n) is 2.92. The van der Waals surface area contributed by atoms with E-state index in [-0.39, 0.29) is 12.0 Å². The average molecular weight is 254 g/mol. The number of hydrogen-bond donors (Lipinski definition) is 1. The third-order valence-corrected chi connectivity index (χ3v) is 4.27. The normalized spacial score (nSPS) is 31.1. The number of rotatable bonds is 5. The predicted octanol–water partition coefficient (Wildman–Crippen LogP) is 1.54. The summed E-state index contributed by atoms with van der Waals surface area (Å²) < 4.78 is 4.92. The van der Waals surface area contributed by atoms with Crippen molar-refractivity contribution in [3.8, 4) is 0 Å². The highest BCUT2D eigenvalue weighted by atomic mass is 16.5. The van der Waals surface area contributed by atoms with Gasteiger partial charge in [-0.1, -0.05) is 6.42 Å². The third kappa shape index (κ3) is 3.45. The van der Waals surface area contributed by atoms with Crippen molar-refractivity contribution in [1.29, 1.82) is 0 Å². The summed E-state index contributed by atoms with van der Waals surface area (Å²) in [6.45, 7) is 5.31. The van der Waals surface area contributed by atoms with Gasteiger partial charge in [-0.3, -0.25) is 9.69 Å². The molecule has 1 aliphatic heterocycles. The summed E-state index contributed by atoms with van der Waals surface area (Å²) in [4.78, 5) is 14.3. The van der Waals surface area contributed by atoms with Gasteiger partial charge in [0.05, 0.1) is 7.11 Å². The van der Waals surface area contributed by atoms with Gasteiger partial charge in [-0.05, 0) is 39.5 Å². The van der Waals surface area contributed by atoms with E-state index in [9.17, 15) is 4.79 Å². The highest BCUT2D eigenvalue weighted by Gasteiger charge is 2.33. The van der Waals surface area contributed by atoms with E-state index in [1.54, 1.807) is 0 Å². The first kappa shape index (κ1) is 13.8. The van der Waals surface area contributed by atoms with Gasteiger partial charge in [0, 0.05) is 24.7 Å². The van der Waals surface area contributed by atoms with Gasteiger partial charge >= 0.3 is 5.97 Å². The van der Waals surface area contributed by atoms with E-state index in [1.807, 2.05) is 0 Å². The molecule has 1 saturated carbocycles. The molecule has 18 heavy (non-hydrogen) atoms. The zero-order valence-corrected chi connectivity index (χ0v) is 11.8. The fourth-order valence-corrected chi connectivity index (χ4v) is 2.92.